The Hall–Kier alpha value is -0.830. The molecule has 4 bridgehead atoms. The molecule has 0 spiro atoms. The molecule has 104 valence electrons. The molecule has 3 heteroatoms. The van der Waals surface area contributed by atoms with Crippen molar-refractivity contribution in [1.82, 2.24) is 9.55 Å². The predicted octanol–water partition coefficient (Wildman–Crippen LogP) is 2.69. The molecule has 0 atom stereocenters. The molecule has 0 radical (unpaired) electrons. The molecule has 0 aromatic carbocycles. The molecule has 1 aromatic rings. The van der Waals surface area contributed by atoms with Crippen LogP contribution in [-0.4, -0.2) is 16.1 Å². The van der Waals surface area contributed by atoms with E-state index in [9.17, 15) is 0 Å². The zero-order valence-electron chi connectivity index (χ0n) is 11.9. The lowest BCUT2D eigenvalue weighted by Gasteiger charge is -2.55. The Bertz CT molecular complexity index is 448. The fraction of sp³-hybridized carbons (Fsp3) is 0.812. The number of rotatable bonds is 3. The van der Waals surface area contributed by atoms with E-state index >= 15 is 0 Å². The van der Waals surface area contributed by atoms with Crippen LogP contribution in [-0.2, 0) is 6.42 Å². The highest BCUT2D eigenvalue weighted by molar-refractivity contribution is 5.12. The molecule has 3 nitrogen and oxygen atoms in total. The van der Waals surface area contributed by atoms with Crippen molar-refractivity contribution in [1.29, 1.82) is 0 Å². The zero-order chi connectivity index (χ0) is 13.0. The highest BCUT2D eigenvalue weighted by atomic mass is 15.1. The normalized spacial score (nSPS) is 40.0. The molecule has 2 N–H and O–H groups in total. The lowest BCUT2D eigenvalue weighted by molar-refractivity contribution is -0.0307. The second-order valence-electron chi connectivity index (χ2n) is 7.13. The van der Waals surface area contributed by atoms with Crippen LogP contribution in [0, 0.1) is 30.6 Å². The Labute approximate surface area is 115 Å². The molecule has 0 aliphatic heterocycles. The summed E-state index contributed by atoms with van der Waals surface area (Å²) in [6, 6.07) is 0.733. The van der Waals surface area contributed by atoms with E-state index in [1.807, 2.05) is 0 Å². The summed E-state index contributed by atoms with van der Waals surface area (Å²) >= 11 is 0. The van der Waals surface area contributed by atoms with Crippen molar-refractivity contribution in [3.8, 4) is 0 Å². The average Bonchev–Trinajstić information content (AvgIpc) is 2.71. The van der Waals surface area contributed by atoms with Gasteiger partial charge < -0.3 is 10.3 Å². The van der Waals surface area contributed by atoms with Gasteiger partial charge in [-0.15, -0.1) is 0 Å². The molecular weight excluding hydrogens is 234 g/mol. The Morgan fingerprint density at radius 3 is 2.37 bits per heavy atom. The van der Waals surface area contributed by atoms with Crippen LogP contribution < -0.4 is 5.73 Å². The fourth-order valence-corrected chi connectivity index (χ4v) is 5.56. The molecule has 4 fully saturated rings. The van der Waals surface area contributed by atoms with Gasteiger partial charge >= 0.3 is 0 Å². The number of hydrogen-bond donors (Lipinski definition) is 1. The highest BCUT2D eigenvalue weighted by Crippen LogP contribution is 2.58. The third-order valence-electron chi connectivity index (χ3n) is 5.93. The van der Waals surface area contributed by atoms with Crippen molar-refractivity contribution >= 4 is 0 Å². The van der Waals surface area contributed by atoms with Crippen LogP contribution in [0.15, 0.2) is 6.20 Å². The summed E-state index contributed by atoms with van der Waals surface area (Å²) in [5, 5.41) is 0. The minimum Gasteiger partial charge on any atom is -0.330 e. The third kappa shape index (κ3) is 1.78. The molecule has 4 aliphatic carbocycles. The summed E-state index contributed by atoms with van der Waals surface area (Å²) in [7, 11) is 0. The molecule has 0 unspecified atom stereocenters. The maximum Gasteiger partial charge on any atom is 0.105 e. The second-order valence-corrected chi connectivity index (χ2v) is 7.13. The average molecular weight is 259 g/mol. The number of aromatic nitrogens is 2. The van der Waals surface area contributed by atoms with Gasteiger partial charge in [-0.2, -0.15) is 0 Å². The lowest BCUT2D eigenvalue weighted by Crippen LogP contribution is -2.46. The molecule has 0 saturated heterocycles. The van der Waals surface area contributed by atoms with E-state index < -0.39 is 0 Å². The number of hydrogen-bond acceptors (Lipinski definition) is 2. The van der Waals surface area contributed by atoms with Crippen molar-refractivity contribution in [2.24, 2.45) is 29.4 Å². The molecule has 4 aliphatic rings. The monoisotopic (exact) mass is 259 g/mol. The minimum atomic E-state index is 0.733. The summed E-state index contributed by atoms with van der Waals surface area (Å²) in [5.74, 6) is 5.13. The third-order valence-corrected chi connectivity index (χ3v) is 5.93. The highest BCUT2D eigenvalue weighted by Gasteiger charge is 2.49. The van der Waals surface area contributed by atoms with Gasteiger partial charge in [-0.1, -0.05) is 0 Å². The number of nitrogens with zero attached hydrogens (tertiary/aromatic N) is 2. The largest absolute Gasteiger partial charge is 0.330 e. The van der Waals surface area contributed by atoms with Gasteiger partial charge in [-0.25, -0.2) is 4.98 Å². The van der Waals surface area contributed by atoms with Gasteiger partial charge in [0.25, 0.3) is 0 Å². The van der Waals surface area contributed by atoms with Gasteiger partial charge in [0.05, 0.1) is 0 Å². The molecule has 5 rings (SSSR count). The van der Waals surface area contributed by atoms with E-state index in [1.165, 1.54) is 43.6 Å². The molecule has 4 saturated carbocycles. The van der Waals surface area contributed by atoms with Crippen molar-refractivity contribution in [2.45, 2.75) is 51.5 Å². The van der Waals surface area contributed by atoms with Crippen molar-refractivity contribution in [3.05, 3.63) is 17.7 Å². The predicted molar refractivity (Wildman–Crippen MR) is 75.8 cm³/mol. The maximum absolute atomic E-state index is 5.77. The van der Waals surface area contributed by atoms with Crippen LogP contribution in [0.3, 0.4) is 0 Å². The van der Waals surface area contributed by atoms with Gasteiger partial charge in [0.1, 0.15) is 5.82 Å². The second kappa shape index (κ2) is 4.34. The van der Waals surface area contributed by atoms with Crippen LogP contribution in [0.2, 0.25) is 0 Å². The summed E-state index contributed by atoms with van der Waals surface area (Å²) in [6.07, 6.45) is 10.4. The number of nitrogens with two attached hydrogens (primary N) is 1. The van der Waals surface area contributed by atoms with E-state index in [4.69, 9.17) is 5.73 Å². The zero-order valence-corrected chi connectivity index (χ0v) is 11.9. The molecule has 0 amide bonds. The van der Waals surface area contributed by atoms with E-state index in [-0.39, 0.29) is 0 Å². The molecule has 19 heavy (non-hydrogen) atoms. The van der Waals surface area contributed by atoms with E-state index in [2.05, 4.69) is 22.7 Å². The van der Waals surface area contributed by atoms with E-state index in [0.717, 1.165) is 42.7 Å². The van der Waals surface area contributed by atoms with Crippen LogP contribution in [0.5, 0.6) is 0 Å². The van der Waals surface area contributed by atoms with Crippen molar-refractivity contribution in [2.75, 3.05) is 6.54 Å². The van der Waals surface area contributed by atoms with Gasteiger partial charge in [0.2, 0.25) is 0 Å². The fourth-order valence-electron chi connectivity index (χ4n) is 5.56. The first-order chi connectivity index (χ1) is 9.26. The summed E-state index contributed by atoms with van der Waals surface area (Å²) in [5.41, 5.74) is 7.14. The molecular formula is C16H25N3. The summed E-state index contributed by atoms with van der Waals surface area (Å²) in [6.45, 7) is 2.91. The van der Waals surface area contributed by atoms with E-state index in [1.54, 1.807) is 0 Å². The van der Waals surface area contributed by atoms with Gasteiger partial charge in [0, 0.05) is 24.4 Å². The first-order valence-electron chi connectivity index (χ1n) is 7.99. The van der Waals surface area contributed by atoms with Crippen molar-refractivity contribution in [3.63, 3.8) is 0 Å². The van der Waals surface area contributed by atoms with Crippen LogP contribution >= 0.6 is 0 Å². The Balaban J connectivity index is 1.70. The first kappa shape index (κ1) is 12.0. The summed E-state index contributed by atoms with van der Waals surface area (Å²) < 4.78 is 2.57. The van der Waals surface area contributed by atoms with Crippen LogP contribution in [0.4, 0.5) is 0 Å². The van der Waals surface area contributed by atoms with Crippen molar-refractivity contribution < 1.29 is 0 Å². The summed E-state index contributed by atoms with van der Waals surface area (Å²) in [4.78, 5) is 4.58. The Morgan fingerprint density at radius 1 is 1.16 bits per heavy atom. The maximum atomic E-state index is 5.77. The molecule has 1 heterocycles. The Morgan fingerprint density at radius 2 is 1.79 bits per heavy atom. The molecule has 1 aromatic heterocycles. The quantitative estimate of drug-likeness (QED) is 0.907. The van der Waals surface area contributed by atoms with Crippen LogP contribution in [0.25, 0.3) is 0 Å². The Kier molecular flexibility index (Phi) is 2.73. The van der Waals surface area contributed by atoms with Crippen LogP contribution in [0.1, 0.15) is 49.7 Å². The first-order valence-corrected chi connectivity index (χ1v) is 7.99. The topological polar surface area (TPSA) is 43.8 Å². The standard InChI is InChI=1S/C16H25N3/c1-10-18-9-15(2-3-17)19(10)16-13-5-11-4-12(7-13)8-14(16)6-11/h9,11-14,16H,2-8,17H2,1H3. The van der Waals surface area contributed by atoms with Gasteiger partial charge in [0.15, 0.2) is 0 Å². The lowest BCUT2D eigenvalue weighted by atomic mass is 9.54. The smallest absolute Gasteiger partial charge is 0.105 e. The van der Waals surface area contributed by atoms with Gasteiger partial charge in [-0.05, 0) is 69.2 Å². The van der Waals surface area contributed by atoms with Gasteiger partial charge in [-0.3, -0.25) is 0 Å². The van der Waals surface area contributed by atoms with E-state index in [0.29, 0.717) is 0 Å². The number of imidazole rings is 1. The number of aryl methyl sites for hydroxylation is 1. The minimum absolute atomic E-state index is 0.733. The SMILES string of the molecule is Cc1ncc(CCN)n1C1C2CC3CC(C2)CC1C3.